The Morgan fingerprint density at radius 3 is 2.72 bits per heavy atom. The molecular weight excluding hydrogens is 419 g/mol. The molecule has 1 aliphatic rings. The molecule has 1 fully saturated rings. The van der Waals surface area contributed by atoms with Gasteiger partial charge < -0.3 is 20.9 Å². The second-order valence-corrected chi connectivity index (χ2v) is 7.01. The van der Waals surface area contributed by atoms with Crippen molar-refractivity contribution in [3.8, 4) is 23.1 Å². The van der Waals surface area contributed by atoms with Crippen molar-refractivity contribution in [1.29, 1.82) is 5.26 Å². The molecule has 2 atom stereocenters. The van der Waals surface area contributed by atoms with Crippen LogP contribution in [0.1, 0.15) is 30.7 Å². The van der Waals surface area contributed by atoms with Gasteiger partial charge in [0.2, 0.25) is 0 Å². The van der Waals surface area contributed by atoms with Crippen LogP contribution in [-0.2, 0) is 4.79 Å². The first-order valence-electron chi connectivity index (χ1n) is 9.65. The highest BCUT2D eigenvalue weighted by molar-refractivity contribution is 5.71. The predicted octanol–water partition coefficient (Wildman–Crippen LogP) is 2.28. The third-order valence-corrected chi connectivity index (χ3v) is 4.75. The molecule has 1 saturated carbocycles. The van der Waals surface area contributed by atoms with Crippen LogP contribution in [0.5, 0.6) is 5.75 Å². The van der Waals surface area contributed by atoms with E-state index in [0.29, 0.717) is 23.1 Å². The number of halogens is 1. The monoisotopic (exact) mass is 440 g/mol. The average Bonchev–Trinajstić information content (AvgIpc) is 3.41. The second kappa shape index (κ2) is 10.3. The Kier molecular flexibility index (Phi) is 7.25. The molecule has 0 radical (unpaired) electrons. The number of carbonyl (C=O) groups is 1. The highest BCUT2D eigenvalue weighted by Gasteiger charge is 2.26. The lowest BCUT2D eigenvalue weighted by Gasteiger charge is -2.17. The maximum Gasteiger partial charge on any atom is 0.290 e. The molecule has 0 saturated heterocycles. The van der Waals surface area contributed by atoms with Crippen molar-refractivity contribution in [2.24, 2.45) is 5.73 Å². The molecule has 4 rings (SSSR count). The van der Waals surface area contributed by atoms with Crippen LogP contribution >= 0.6 is 0 Å². The van der Waals surface area contributed by atoms with E-state index in [0.717, 1.165) is 19.3 Å². The zero-order chi connectivity index (χ0) is 23.1. The molecule has 3 heterocycles. The highest BCUT2D eigenvalue weighted by atomic mass is 19.1. The number of aryl methyl sites for hydroxylation is 1. The molecule has 32 heavy (non-hydrogen) atoms. The minimum atomic E-state index is -0.474. The Balaban J connectivity index is 0.000000913. The van der Waals surface area contributed by atoms with Crippen LogP contribution in [0.2, 0.25) is 0 Å². The van der Waals surface area contributed by atoms with Crippen LogP contribution in [-0.4, -0.2) is 48.9 Å². The number of hydrogen-bond donors (Lipinski definition) is 4. The third kappa shape index (κ3) is 5.32. The second-order valence-electron chi connectivity index (χ2n) is 7.01. The first kappa shape index (κ1) is 22.6. The molecule has 0 aliphatic heterocycles. The van der Waals surface area contributed by atoms with Crippen LogP contribution in [0.3, 0.4) is 0 Å². The van der Waals surface area contributed by atoms with Crippen LogP contribution in [0, 0.1) is 24.1 Å². The standard InChI is InChI=1S/C19H19FN8O.CH2O2/c1-10-19(20)18(15(8-23-10)29-13-3-2-11(22)4-13)14-5-16(28-27-14)26-17-9-24-12(6-21)7-25-17;2-1-3/h5,7-9,11,13H,2-4,22H2,1H3,(H2,25,26,27,28);1H,(H,2,3)/t11-,13+;/m0./s1. The average molecular weight is 440 g/mol. The number of hydrogen-bond acceptors (Lipinski definition) is 9. The van der Waals surface area contributed by atoms with Crippen molar-refractivity contribution in [1.82, 2.24) is 25.1 Å². The van der Waals surface area contributed by atoms with Gasteiger partial charge in [-0.3, -0.25) is 14.9 Å². The van der Waals surface area contributed by atoms with Gasteiger partial charge >= 0.3 is 0 Å². The molecule has 166 valence electrons. The van der Waals surface area contributed by atoms with Gasteiger partial charge in [-0.25, -0.2) is 14.4 Å². The van der Waals surface area contributed by atoms with Crippen molar-refractivity contribution in [2.75, 3.05) is 5.32 Å². The van der Waals surface area contributed by atoms with E-state index in [9.17, 15) is 4.39 Å². The maximum atomic E-state index is 14.9. The Bertz CT molecular complexity index is 1110. The lowest BCUT2D eigenvalue weighted by Crippen LogP contribution is -2.19. The topological polar surface area (TPSA) is 176 Å². The van der Waals surface area contributed by atoms with Gasteiger partial charge in [-0.05, 0) is 26.2 Å². The van der Waals surface area contributed by atoms with Crippen LogP contribution in [0.25, 0.3) is 11.3 Å². The normalized spacial score (nSPS) is 17.1. The van der Waals surface area contributed by atoms with Gasteiger partial charge in [0, 0.05) is 12.1 Å². The first-order valence-corrected chi connectivity index (χ1v) is 9.65. The van der Waals surface area contributed by atoms with E-state index < -0.39 is 5.82 Å². The lowest BCUT2D eigenvalue weighted by atomic mass is 10.1. The summed E-state index contributed by atoms with van der Waals surface area (Å²) in [5, 5.41) is 25.6. The van der Waals surface area contributed by atoms with Crippen molar-refractivity contribution < 1.29 is 19.0 Å². The van der Waals surface area contributed by atoms with Gasteiger partial charge in [0.05, 0.1) is 35.5 Å². The fourth-order valence-electron chi connectivity index (χ4n) is 3.26. The number of anilines is 2. The molecule has 3 aromatic heterocycles. The van der Waals surface area contributed by atoms with Gasteiger partial charge in [0.25, 0.3) is 6.47 Å². The van der Waals surface area contributed by atoms with Crippen molar-refractivity contribution in [3.63, 3.8) is 0 Å². The van der Waals surface area contributed by atoms with Crippen LogP contribution in [0.4, 0.5) is 16.0 Å². The zero-order valence-corrected chi connectivity index (χ0v) is 17.1. The number of nitriles is 1. The van der Waals surface area contributed by atoms with Gasteiger partial charge in [-0.1, -0.05) is 0 Å². The van der Waals surface area contributed by atoms with Crippen LogP contribution in [0.15, 0.2) is 24.7 Å². The smallest absolute Gasteiger partial charge is 0.290 e. The summed E-state index contributed by atoms with van der Waals surface area (Å²) < 4.78 is 20.9. The van der Waals surface area contributed by atoms with E-state index in [1.54, 1.807) is 13.0 Å². The molecule has 3 aromatic rings. The molecule has 5 N–H and O–H groups in total. The number of nitrogens with two attached hydrogens (primary N) is 1. The van der Waals surface area contributed by atoms with E-state index in [1.807, 2.05) is 6.07 Å². The van der Waals surface area contributed by atoms with Crippen LogP contribution < -0.4 is 15.8 Å². The Labute approximate surface area is 182 Å². The number of aromatic nitrogens is 5. The summed E-state index contributed by atoms with van der Waals surface area (Å²) in [6, 6.07) is 3.65. The van der Waals surface area contributed by atoms with Crippen molar-refractivity contribution in [2.45, 2.75) is 38.3 Å². The molecule has 11 nitrogen and oxygen atoms in total. The van der Waals surface area contributed by atoms with Crippen molar-refractivity contribution >= 4 is 18.1 Å². The Morgan fingerprint density at radius 2 is 2.09 bits per heavy atom. The SMILES string of the molecule is Cc1ncc(O[C@@H]2CC[C@H](N)C2)c(-c2cc(Nc3cnc(C#N)cn3)n[nH]2)c1F.O=CO. The molecule has 0 aromatic carbocycles. The Hall–Kier alpha value is -4.11. The number of nitrogens with one attached hydrogen (secondary N) is 2. The fourth-order valence-corrected chi connectivity index (χ4v) is 3.26. The number of aromatic amines is 1. The number of pyridine rings is 1. The molecule has 0 spiro atoms. The molecular formula is C20H21FN8O3. The number of nitrogens with zero attached hydrogens (tertiary/aromatic N) is 5. The maximum absolute atomic E-state index is 14.9. The fraction of sp³-hybridized carbons (Fsp3) is 0.300. The van der Waals surface area contributed by atoms with Gasteiger partial charge in [0.1, 0.15) is 23.7 Å². The molecule has 12 heteroatoms. The van der Waals surface area contributed by atoms with E-state index >= 15 is 0 Å². The minimum Gasteiger partial charge on any atom is -0.488 e. The highest BCUT2D eigenvalue weighted by Crippen LogP contribution is 2.35. The summed E-state index contributed by atoms with van der Waals surface area (Å²) in [6.07, 6.45) is 6.65. The lowest BCUT2D eigenvalue weighted by molar-refractivity contribution is -0.122. The summed E-state index contributed by atoms with van der Waals surface area (Å²) in [5.74, 6) is 0.699. The van der Waals surface area contributed by atoms with Gasteiger partial charge in [0.15, 0.2) is 17.3 Å². The summed E-state index contributed by atoms with van der Waals surface area (Å²) >= 11 is 0. The number of ether oxygens (including phenoxy) is 1. The zero-order valence-electron chi connectivity index (χ0n) is 17.1. The number of rotatable bonds is 5. The molecule has 0 bridgehead atoms. The van der Waals surface area contributed by atoms with E-state index in [-0.39, 0.29) is 35.6 Å². The van der Waals surface area contributed by atoms with E-state index in [4.69, 9.17) is 25.6 Å². The molecule has 1 aliphatic carbocycles. The first-order chi connectivity index (χ1) is 15.4. The van der Waals surface area contributed by atoms with Gasteiger partial charge in [-0.15, -0.1) is 0 Å². The summed E-state index contributed by atoms with van der Waals surface area (Å²) in [5.41, 5.74) is 7.13. The third-order valence-electron chi connectivity index (χ3n) is 4.75. The Morgan fingerprint density at radius 1 is 1.31 bits per heavy atom. The minimum absolute atomic E-state index is 0.0675. The molecule has 0 amide bonds. The summed E-state index contributed by atoms with van der Waals surface area (Å²) in [6.45, 7) is 1.34. The largest absolute Gasteiger partial charge is 0.488 e. The van der Waals surface area contributed by atoms with Crippen molar-refractivity contribution in [3.05, 3.63) is 41.9 Å². The number of H-pyrrole nitrogens is 1. The quantitative estimate of drug-likeness (QED) is 0.430. The summed E-state index contributed by atoms with van der Waals surface area (Å²) in [7, 11) is 0. The molecule has 0 unspecified atom stereocenters. The van der Waals surface area contributed by atoms with E-state index in [1.165, 1.54) is 18.6 Å². The number of carboxylic acid groups (broad SMARTS) is 1. The summed E-state index contributed by atoms with van der Waals surface area (Å²) in [4.78, 5) is 20.5. The van der Waals surface area contributed by atoms with Gasteiger partial charge in [-0.2, -0.15) is 10.4 Å². The predicted molar refractivity (Wildman–Crippen MR) is 111 cm³/mol. The van der Waals surface area contributed by atoms with E-state index in [2.05, 4.69) is 30.5 Å².